The lowest BCUT2D eigenvalue weighted by Crippen LogP contribution is -2.50. The normalized spacial score (nSPS) is 16.7. The van der Waals surface area contributed by atoms with E-state index in [2.05, 4.69) is 9.62 Å². The van der Waals surface area contributed by atoms with E-state index in [4.69, 9.17) is 0 Å². The Hall–Kier alpha value is -1.44. The molecule has 0 spiro atoms. The fourth-order valence-electron chi connectivity index (χ4n) is 2.47. The van der Waals surface area contributed by atoms with Crippen molar-refractivity contribution in [3.8, 4) is 0 Å². The maximum atomic E-state index is 12.1. The summed E-state index contributed by atoms with van der Waals surface area (Å²) in [6.07, 6.45) is 0.539. The first-order valence-corrected chi connectivity index (χ1v) is 9.06. The van der Waals surface area contributed by atoms with Gasteiger partial charge in [0.2, 0.25) is 15.9 Å². The minimum absolute atomic E-state index is 0.185. The second-order valence-corrected chi connectivity index (χ2v) is 7.05. The molecular formula is C15H23N3O3S. The van der Waals surface area contributed by atoms with Gasteiger partial charge >= 0.3 is 0 Å². The third-order valence-corrected chi connectivity index (χ3v) is 5.28. The number of sulfonamides is 1. The number of carbonyl (C=O) groups is 1. The molecule has 1 aliphatic heterocycles. The highest BCUT2D eigenvalue weighted by atomic mass is 32.2. The zero-order valence-electron chi connectivity index (χ0n) is 12.9. The highest BCUT2D eigenvalue weighted by Crippen LogP contribution is 2.07. The smallest absolute Gasteiger partial charge is 0.240 e. The van der Waals surface area contributed by atoms with Gasteiger partial charge in [0.15, 0.2) is 0 Å². The van der Waals surface area contributed by atoms with Crippen LogP contribution < -0.4 is 4.72 Å². The fraction of sp³-hybridized carbons (Fsp3) is 0.533. The summed E-state index contributed by atoms with van der Waals surface area (Å²) in [4.78, 5) is 15.9. The molecule has 0 aromatic heterocycles. The van der Waals surface area contributed by atoms with Crippen LogP contribution in [0.5, 0.6) is 0 Å². The Kier molecular flexibility index (Phi) is 5.93. The van der Waals surface area contributed by atoms with Crippen molar-refractivity contribution in [3.63, 3.8) is 0 Å². The number of amides is 1. The predicted octanol–water partition coefficient (Wildman–Crippen LogP) is 0.519. The lowest BCUT2D eigenvalue weighted by molar-refractivity contribution is -0.132. The highest BCUT2D eigenvalue weighted by Gasteiger charge is 2.20. The zero-order chi connectivity index (χ0) is 16.0. The number of rotatable bonds is 6. The van der Waals surface area contributed by atoms with Gasteiger partial charge in [-0.1, -0.05) is 25.1 Å². The Labute approximate surface area is 132 Å². The van der Waals surface area contributed by atoms with Gasteiger partial charge in [-0.15, -0.1) is 0 Å². The zero-order valence-corrected chi connectivity index (χ0v) is 13.7. The number of nitrogens with zero attached hydrogens (tertiary/aromatic N) is 2. The Balaban J connectivity index is 1.75. The summed E-state index contributed by atoms with van der Waals surface area (Å²) in [6, 6.07) is 8.36. The first-order valence-electron chi connectivity index (χ1n) is 7.58. The molecule has 0 atom stereocenters. The summed E-state index contributed by atoms with van der Waals surface area (Å²) in [6.45, 7) is 5.92. The average Bonchev–Trinajstić information content (AvgIpc) is 2.55. The van der Waals surface area contributed by atoms with Crippen molar-refractivity contribution in [1.29, 1.82) is 0 Å². The predicted molar refractivity (Wildman–Crippen MR) is 84.9 cm³/mol. The number of hydrogen-bond donors (Lipinski definition) is 1. The molecule has 0 radical (unpaired) electrons. The monoisotopic (exact) mass is 325 g/mol. The lowest BCUT2D eigenvalue weighted by atomic mass is 10.3. The van der Waals surface area contributed by atoms with Crippen LogP contribution in [0.1, 0.15) is 13.3 Å². The van der Waals surface area contributed by atoms with Crippen molar-refractivity contribution in [2.24, 2.45) is 0 Å². The van der Waals surface area contributed by atoms with Gasteiger partial charge in [0.25, 0.3) is 0 Å². The van der Waals surface area contributed by atoms with Crippen LogP contribution in [0.25, 0.3) is 0 Å². The summed E-state index contributed by atoms with van der Waals surface area (Å²) in [5.41, 5.74) is 0. The van der Waals surface area contributed by atoms with Crippen LogP contribution in [0.4, 0.5) is 0 Å². The van der Waals surface area contributed by atoms with Crippen LogP contribution in [0, 0.1) is 0 Å². The summed E-state index contributed by atoms with van der Waals surface area (Å²) < 4.78 is 26.8. The maximum Gasteiger partial charge on any atom is 0.240 e. The van der Waals surface area contributed by atoms with E-state index in [9.17, 15) is 13.2 Å². The van der Waals surface area contributed by atoms with E-state index in [0.717, 1.165) is 26.2 Å². The van der Waals surface area contributed by atoms with Gasteiger partial charge in [-0.3, -0.25) is 9.69 Å². The Morgan fingerprint density at radius 1 is 1.14 bits per heavy atom. The van der Waals surface area contributed by atoms with E-state index in [1.807, 2.05) is 11.8 Å². The van der Waals surface area contributed by atoms with Crippen molar-refractivity contribution in [2.45, 2.75) is 18.2 Å². The maximum absolute atomic E-state index is 12.1. The molecule has 0 unspecified atom stereocenters. The van der Waals surface area contributed by atoms with Crippen LogP contribution in [-0.2, 0) is 14.8 Å². The summed E-state index contributed by atoms with van der Waals surface area (Å²) >= 11 is 0. The second-order valence-electron chi connectivity index (χ2n) is 5.29. The van der Waals surface area contributed by atoms with Crippen molar-refractivity contribution < 1.29 is 13.2 Å². The topological polar surface area (TPSA) is 69.7 Å². The molecule has 1 heterocycles. The Morgan fingerprint density at radius 2 is 1.77 bits per heavy atom. The minimum Gasteiger partial charge on any atom is -0.340 e. The van der Waals surface area contributed by atoms with Crippen LogP contribution in [0.15, 0.2) is 35.2 Å². The molecule has 22 heavy (non-hydrogen) atoms. The quantitative estimate of drug-likeness (QED) is 0.828. The number of hydrogen-bond acceptors (Lipinski definition) is 4. The van der Waals surface area contributed by atoms with Crippen LogP contribution in [0.2, 0.25) is 0 Å². The molecule has 1 aromatic carbocycles. The molecule has 1 amide bonds. The van der Waals surface area contributed by atoms with Gasteiger partial charge in [-0.2, -0.15) is 0 Å². The van der Waals surface area contributed by atoms with Gasteiger partial charge < -0.3 is 4.90 Å². The summed E-state index contributed by atoms with van der Waals surface area (Å²) in [5.74, 6) is 0.185. The lowest BCUT2D eigenvalue weighted by Gasteiger charge is -2.34. The van der Waals surface area contributed by atoms with E-state index >= 15 is 0 Å². The van der Waals surface area contributed by atoms with Crippen LogP contribution in [0.3, 0.4) is 0 Å². The van der Waals surface area contributed by atoms with E-state index in [0.29, 0.717) is 19.5 Å². The molecule has 0 bridgehead atoms. The minimum atomic E-state index is -3.43. The number of nitrogens with one attached hydrogen (secondary N) is 1. The highest BCUT2D eigenvalue weighted by molar-refractivity contribution is 7.89. The average molecular weight is 325 g/mol. The Morgan fingerprint density at radius 3 is 2.36 bits per heavy atom. The molecule has 1 aromatic rings. The van der Waals surface area contributed by atoms with Crippen molar-refractivity contribution >= 4 is 15.9 Å². The molecule has 1 aliphatic rings. The van der Waals surface area contributed by atoms with Gasteiger partial charge in [0.1, 0.15) is 0 Å². The third-order valence-electron chi connectivity index (χ3n) is 3.80. The van der Waals surface area contributed by atoms with E-state index in [1.165, 1.54) is 0 Å². The molecule has 1 saturated heterocycles. The van der Waals surface area contributed by atoms with Crippen LogP contribution >= 0.6 is 0 Å². The summed E-state index contributed by atoms with van der Waals surface area (Å²) in [7, 11) is -3.43. The van der Waals surface area contributed by atoms with E-state index in [-0.39, 0.29) is 10.8 Å². The Bertz CT molecular complexity index is 581. The van der Waals surface area contributed by atoms with Gasteiger partial charge in [-0.25, -0.2) is 13.1 Å². The molecule has 0 saturated carbocycles. The van der Waals surface area contributed by atoms with E-state index < -0.39 is 10.0 Å². The number of piperazine rings is 1. The van der Waals surface area contributed by atoms with Crippen LogP contribution in [-0.4, -0.2) is 63.4 Å². The van der Waals surface area contributed by atoms with Crippen molar-refractivity contribution in [3.05, 3.63) is 30.3 Å². The van der Waals surface area contributed by atoms with Gasteiger partial charge in [-0.05, 0) is 12.1 Å². The first kappa shape index (κ1) is 16.9. The molecule has 1 fully saturated rings. The van der Waals surface area contributed by atoms with Crippen molar-refractivity contribution in [2.75, 3.05) is 39.3 Å². The van der Waals surface area contributed by atoms with E-state index in [1.54, 1.807) is 30.3 Å². The number of carbonyl (C=O) groups excluding carboxylic acids is 1. The standard InChI is InChI=1S/C15H23N3O3S/c1-2-15(19)18-12-10-17(11-13-18)9-8-16-22(20,21)14-6-4-3-5-7-14/h3-7,16H,2,8-13H2,1H3. The molecular weight excluding hydrogens is 302 g/mol. The van der Waals surface area contributed by atoms with Gasteiger partial charge in [0.05, 0.1) is 4.90 Å². The first-order chi connectivity index (χ1) is 10.5. The molecule has 7 heteroatoms. The van der Waals surface area contributed by atoms with Gasteiger partial charge in [0, 0.05) is 45.7 Å². The number of benzene rings is 1. The van der Waals surface area contributed by atoms with Crippen molar-refractivity contribution in [1.82, 2.24) is 14.5 Å². The molecule has 2 rings (SSSR count). The molecule has 0 aliphatic carbocycles. The summed E-state index contributed by atoms with van der Waals surface area (Å²) in [5, 5.41) is 0. The SMILES string of the molecule is CCC(=O)N1CCN(CCNS(=O)(=O)c2ccccc2)CC1. The molecule has 1 N–H and O–H groups in total. The third kappa shape index (κ3) is 4.53. The second kappa shape index (κ2) is 7.71. The largest absolute Gasteiger partial charge is 0.340 e. The fourth-order valence-corrected chi connectivity index (χ4v) is 3.51. The molecule has 122 valence electrons. The molecule has 6 nitrogen and oxygen atoms in total.